The van der Waals surface area contributed by atoms with Crippen LogP contribution in [0.15, 0.2) is 53.0 Å². The second-order valence-corrected chi connectivity index (χ2v) is 13.2. The summed E-state index contributed by atoms with van der Waals surface area (Å²) in [5.41, 5.74) is 1.27. The van der Waals surface area contributed by atoms with E-state index in [4.69, 9.17) is 14.6 Å². The predicted molar refractivity (Wildman–Crippen MR) is 170 cm³/mol. The molecule has 1 aromatic heterocycles. The van der Waals surface area contributed by atoms with E-state index in [2.05, 4.69) is 31.5 Å². The minimum Gasteiger partial charge on any atom is -0.444 e. The molecule has 0 spiro atoms. The largest absolute Gasteiger partial charge is 0.444 e. The topological polar surface area (TPSA) is 101 Å². The molecule has 2 aliphatic rings. The highest BCUT2D eigenvalue weighted by molar-refractivity contribution is 9.10. The number of benzene rings is 2. The monoisotopic (exact) mass is 688 g/mol. The second kappa shape index (κ2) is 13.8. The van der Waals surface area contributed by atoms with Gasteiger partial charge < -0.3 is 14.8 Å². The van der Waals surface area contributed by atoms with E-state index >= 15 is 0 Å². The van der Waals surface area contributed by atoms with Gasteiger partial charge in [0.25, 0.3) is 0 Å². The van der Waals surface area contributed by atoms with Crippen LogP contribution >= 0.6 is 15.9 Å². The Kier molecular flexibility index (Phi) is 10.1. The van der Waals surface area contributed by atoms with Crippen LogP contribution < -0.4 is 10.6 Å². The van der Waals surface area contributed by atoms with Gasteiger partial charge in [-0.3, -0.25) is 15.1 Å². The number of ether oxygens (including phenoxy) is 2. The molecule has 242 valence electrons. The number of nitrogens with zero attached hydrogens (tertiary/aromatic N) is 4. The summed E-state index contributed by atoms with van der Waals surface area (Å²) in [5, 5.41) is 10.9. The molecule has 2 saturated heterocycles. The van der Waals surface area contributed by atoms with Gasteiger partial charge in [0.15, 0.2) is 17.5 Å². The zero-order chi connectivity index (χ0) is 32.3. The number of aromatic nitrogens is 2. The van der Waals surface area contributed by atoms with Gasteiger partial charge in [0, 0.05) is 39.2 Å². The number of nitrogens with one attached hydrogen (secondary N) is 2. The number of likely N-dealkylation sites (tertiary alicyclic amines) is 2. The Bertz CT molecular complexity index is 1520. The summed E-state index contributed by atoms with van der Waals surface area (Å²) >= 11 is 3.69. The van der Waals surface area contributed by atoms with E-state index in [0.29, 0.717) is 66.4 Å². The third-order valence-electron chi connectivity index (χ3n) is 7.98. The van der Waals surface area contributed by atoms with E-state index in [1.807, 2.05) is 51.1 Å². The highest BCUT2D eigenvalue weighted by Crippen LogP contribution is 2.40. The molecule has 45 heavy (non-hydrogen) atoms. The van der Waals surface area contributed by atoms with E-state index in [9.17, 15) is 18.4 Å². The lowest BCUT2D eigenvalue weighted by molar-refractivity contribution is 0.0220. The molecule has 0 bridgehead atoms. The average Bonchev–Trinajstić information content (AvgIpc) is 3.71. The molecule has 3 amide bonds. The van der Waals surface area contributed by atoms with Crippen molar-refractivity contribution in [3.8, 4) is 5.69 Å². The summed E-state index contributed by atoms with van der Waals surface area (Å²) in [6.45, 7) is 8.17. The van der Waals surface area contributed by atoms with Crippen molar-refractivity contribution in [3.63, 3.8) is 0 Å². The molecule has 5 rings (SSSR count). The highest BCUT2D eigenvalue weighted by atomic mass is 79.9. The first-order valence-electron chi connectivity index (χ1n) is 15.0. The van der Waals surface area contributed by atoms with Crippen LogP contribution in [0, 0.1) is 11.6 Å². The molecule has 2 aromatic carbocycles. The zero-order valence-electron chi connectivity index (χ0n) is 25.9. The number of rotatable bonds is 8. The van der Waals surface area contributed by atoms with Crippen LogP contribution in [0.1, 0.15) is 56.8 Å². The fourth-order valence-electron chi connectivity index (χ4n) is 5.91. The highest BCUT2D eigenvalue weighted by Gasteiger charge is 2.38. The second-order valence-electron chi connectivity index (χ2n) is 12.4. The van der Waals surface area contributed by atoms with Crippen molar-refractivity contribution in [3.05, 3.63) is 75.9 Å². The van der Waals surface area contributed by atoms with E-state index in [-0.39, 0.29) is 12.0 Å². The third-order valence-corrected chi connectivity index (χ3v) is 8.76. The number of para-hydroxylation sites is 1. The third kappa shape index (κ3) is 7.64. The molecule has 10 nitrogen and oxygen atoms in total. The Morgan fingerprint density at radius 2 is 1.84 bits per heavy atom. The molecule has 3 aromatic rings. The number of hydrogen-bond donors (Lipinski definition) is 2. The summed E-state index contributed by atoms with van der Waals surface area (Å²) in [5.74, 6) is -1.73. The number of amides is 3. The van der Waals surface area contributed by atoms with E-state index in [0.717, 1.165) is 12.5 Å². The van der Waals surface area contributed by atoms with Crippen molar-refractivity contribution in [2.75, 3.05) is 45.2 Å². The summed E-state index contributed by atoms with van der Waals surface area (Å²) < 4.78 is 41.0. The molecule has 3 atom stereocenters. The number of methoxy groups -OCH3 is 1. The van der Waals surface area contributed by atoms with Gasteiger partial charge in [-0.05, 0) is 79.4 Å². The first kappa shape index (κ1) is 32.8. The first-order chi connectivity index (χ1) is 21.4. The molecule has 0 aliphatic carbocycles. The molecule has 2 fully saturated rings. The molecule has 13 heteroatoms. The Morgan fingerprint density at radius 3 is 2.53 bits per heavy atom. The Balaban J connectivity index is 1.42. The molecule has 0 unspecified atom stereocenters. The minimum atomic E-state index is -0.929. The van der Waals surface area contributed by atoms with Gasteiger partial charge in [-0.2, -0.15) is 5.10 Å². The maximum atomic E-state index is 14.2. The smallest absolute Gasteiger partial charge is 0.410 e. The van der Waals surface area contributed by atoms with Gasteiger partial charge in [0.1, 0.15) is 11.3 Å². The van der Waals surface area contributed by atoms with E-state index < -0.39 is 35.4 Å². The average molecular weight is 690 g/mol. The number of urea groups is 1. The Morgan fingerprint density at radius 1 is 1.09 bits per heavy atom. The normalized spacial score (nSPS) is 20.4. The van der Waals surface area contributed by atoms with Gasteiger partial charge in [-0.25, -0.2) is 23.1 Å². The fraction of sp³-hybridized carbons (Fsp3) is 0.469. The Hall–Kier alpha value is -3.55. The van der Waals surface area contributed by atoms with Gasteiger partial charge in [-0.1, -0.05) is 24.3 Å². The molecular weight excluding hydrogens is 650 g/mol. The number of halogens is 3. The van der Waals surface area contributed by atoms with Crippen molar-refractivity contribution in [2.45, 2.75) is 57.2 Å². The van der Waals surface area contributed by atoms with Crippen LogP contribution in [0.3, 0.4) is 0 Å². The minimum absolute atomic E-state index is 0.276. The van der Waals surface area contributed by atoms with Crippen LogP contribution in [-0.2, 0) is 9.47 Å². The van der Waals surface area contributed by atoms with Gasteiger partial charge in [0.05, 0.1) is 28.9 Å². The molecule has 3 heterocycles. The van der Waals surface area contributed by atoms with Crippen LogP contribution in [0.2, 0.25) is 0 Å². The number of carbonyl (C=O) groups is 2. The molecule has 2 N–H and O–H groups in total. The van der Waals surface area contributed by atoms with Crippen molar-refractivity contribution < 1.29 is 27.8 Å². The van der Waals surface area contributed by atoms with Crippen LogP contribution in [-0.4, -0.2) is 83.2 Å². The maximum Gasteiger partial charge on any atom is 0.410 e. The van der Waals surface area contributed by atoms with Crippen molar-refractivity contribution >= 4 is 33.9 Å². The molecule has 2 aliphatic heterocycles. The lowest BCUT2D eigenvalue weighted by atomic mass is 9.94. The summed E-state index contributed by atoms with van der Waals surface area (Å²) in [4.78, 5) is 30.5. The van der Waals surface area contributed by atoms with E-state index in [1.165, 1.54) is 6.07 Å². The van der Waals surface area contributed by atoms with Gasteiger partial charge >= 0.3 is 12.1 Å². The van der Waals surface area contributed by atoms with E-state index in [1.54, 1.807) is 22.8 Å². The van der Waals surface area contributed by atoms with Gasteiger partial charge in [0.2, 0.25) is 0 Å². The quantitative estimate of drug-likeness (QED) is 0.292. The Labute approximate surface area is 270 Å². The van der Waals surface area contributed by atoms with Crippen molar-refractivity contribution in [1.29, 1.82) is 0 Å². The van der Waals surface area contributed by atoms with Crippen LogP contribution in [0.5, 0.6) is 0 Å². The van der Waals surface area contributed by atoms with Crippen molar-refractivity contribution in [1.82, 2.24) is 24.9 Å². The molecular formula is C32H39BrF2N6O4. The number of hydrogen-bond acceptors (Lipinski definition) is 6. The predicted octanol–water partition coefficient (Wildman–Crippen LogP) is 6.22. The molecule has 0 radical (unpaired) electrons. The lowest BCUT2D eigenvalue weighted by Gasteiger charge is -2.28. The summed E-state index contributed by atoms with van der Waals surface area (Å²) in [6.07, 6.45) is 1.05. The van der Waals surface area contributed by atoms with Crippen LogP contribution in [0.4, 0.5) is 24.2 Å². The lowest BCUT2D eigenvalue weighted by Crippen LogP contribution is -2.42. The molecule has 0 saturated carbocycles. The summed E-state index contributed by atoms with van der Waals surface area (Å²) in [7, 11) is 1.62. The standard InChI is InChI=1S/C32H39BrF2N6O4/c1-32(2,3)45-31(43)40-14-8-11-26(40)28-27(33)29(41(38-28)21-9-6-5-7-10-21)37-30(42)36-25-19-39(15-16-44-4)18-22(25)20-12-13-23(34)24(35)17-20/h5-7,9-10,12-13,17,22,25-26H,8,11,14-16,18-19H2,1-4H3,(H2,36,37,42)/t22-,25+,26+/m0/s1. The zero-order valence-corrected chi connectivity index (χ0v) is 27.4. The van der Waals surface area contributed by atoms with Crippen LogP contribution in [0.25, 0.3) is 5.69 Å². The van der Waals surface area contributed by atoms with Crippen molar-refractivity contribution in [2.24, 2.45) is 0 Å². The number of carbonyl (C=O) groups excluding carboxylic acids is 2. The SMILES string of the molecule is COCCN1C[C@@H](NC(=O)Nc2c(Br)c([C@H]3CCCN3C(=O)OC(C)(C)C)nn2-c2ccccc2)[C@H](c2ccc(F)c(F)c2)C1. The maximum absolute atomic E-state index is 14.2. The summed E-state index contributed by atoms with van der Waals surface area (Å²) in [6, 6.07) is 12.0. The fourth-order valence-corrected chi connectivity index (χ4v) is 6.52. The number of anilines is 1. The first-order valence-corrected chi connectivity index (χ1v) is 15.8. The van der Waals surface area contributed by atoms with Gasteiger partial charge in [-0.15, -0.1) is 0 Å².